The number of esters is 2. The van der Waals surface area contributed by atoms with Crippen molar-refractivity contribution in [1.29, 1.82) is 0 Å². The van der Waals surface area contributed by atoms with Crippen LogP contribution in [0.2, 0.25) is 0 Å². The molecule has 9 nitrogen and oxygen atoms in total. The molecular weight excluding hydrogens is 1180 g/mol. The molecule has 0 saturated heterocycles. The Bertz CT molecular complexity index is 2240. The summed E-state index contributed by atoms with van der Waals surface area (Å²) >= 11 is 0. The van der Waals surface area contributed by atoms with Crippen molar-refractivity contribution in [3.8, 4) is 0 Å². The Morgan fingerprint density at radius 3 is 0.851 bits per heavy atom. The molecule has 2 unspecified atom stereocenters. The smallest absolute Gasteiger partial charge is 0.306 e. The van der Waals surface area contributed by atoms with Gasteiger partial charge in [-0.1, -0.05) is 318 Å². The van der Waals surface area contributed by atoms with E-state index in [0.717, 1.165) is 141 Å². The molecule has 0 fully saturated rings. The second-order valence-electron chi connectivity index (χ2n) is 25.5. The van der Waals surface area contributed by atoms with Crippen LogP contribution < -0.4 is 4.89 Å². The molecule has 0 aliphatic rings. The first kappa shape index (κ1) is 89.1. The van der Waals surface area contributed by atoms with Gasteiger partial charge in [-0.3, -0.25) is 14.2 Å². The molecule has 0 aromatic carbocycles. The van der Waals surface area contributed by atoms with Gasteiger partial charge < -0.3 is 27.9 Å². The predicted octanol–water partition coefficient (Wildman–Crippen LogP) is 24.4. The van der Waals surface area contributed by atoms with E-state index in [9.17, 15) is 19.0 Å². The third kappa shape index (κ3) is 76.1. The van der Waals surface area contributed by atoms with Gasteiger partial charge in [0, 0.05) is 12.8 Å². The predicted molar refractivity (Wildman–Crippen MR) is 406 cm³/mol. The van der Waals surface area contributed by atoms with Crippen LogP contribution in [0.3, 0.4) is 0 Å². The number of allylic oxidation sites excluding steroid dienone is 30. The monoisotopic (exact) mass is 1320 g/mol. The Morgan fingerprint density at radius 2 is 0.574 bits per heavy atom. The van der Waals surface area contributed by atoms with Crippen molar-refractivity contribution >= 4 is 19.8 Å². The van der Waals surface area contributed by atoms with E-state index < -0.39 is 32.5 Å². The van der Waals surface area contributed by atoms with Crippen LogP contribution in [-0.2, 0) is 32.7 Å². The van der Waals surface area contributed by atoms with Crippen LogP contribution in [0.25, 0.3) is 0 Å². The number of quaternary nitrogens is 1. The molecule has 0 bridgehead atoms. The molecule has 0 amide bonds. The van der Waals surface area contributed by atoms with Gasteiger partial charge in [0.15, 0.2) is 6.10 Å². The summed E-state index contributed by atoms with van der Waals surface area (Å²) in [5.74, 6) is -0.867. The van der Waals surface area contributed by atoms with Gasteiger partial charge >= 0.3 is 11.9 Å². The average molecular weight is 1320 g/mol. The van der Waals surface area contributed by atoms with Crippen LogP contribution >= 0.6 is 7.82 Å². The Hall–Kier alpha value is -4.89. The fraction of sp³-hybridized carbons (Fsp3) is 0.619. The summed E-state index contributed by atoms with van der Waals surface area (Å²) in [4.78, 5) is 38.1. The van der Waals surface area contributed by atoms with Crippen LogP contribution in [0.5, 0.6) is 0 Å². The SMILES string of the molecule is CC/C=C\C/C=C\C/C=C\C/C=C\C/C=C\C/C=C\C/C=C\C/C=C\C/C=C\C/C=C\CCCCCCC(=O)OC(COC(=O)CCCCCCCCCCCCCCCCCCCCC/C=C\C/C=C\C/C=C\C/C=C\C/C=C\CC)COP(=O)([O-])OCC[N+](C)(C)C. The maximum Gasteiger partial charge on any atom is 0.306 e. The van der Waals surface area contributed by atoms with E-state index in [4.69, 9.17) is 18.5 Å². The van der Waals surface area contributed by atoms with E-state index >= 15 is 0 Å². The number of rotatable bonds is 67. The first-order valence-electron chi connectivity index (χ1n) is 37.5. The first-order valence-corrected chi connectivity index (χ1v) is 39.0. The normalized spacial score (nSPS) is 14.1. The minimum absolute atomic E-state index is 0.0444. The molecule has 0 spiro atoms. The zero-order valence-electron chi connectivity index (χ0n) is 60.6. The molecule has 0 heterocycles. The molecule has 0 radical (unpaired) electrons. The van der Waals surface area contributed by atoms with Crippen molar-refractivity contribution in [2.75, 3.05) is 47.5 Å². The molecule has 0 N–H and O–H groups in total. The average Bonchev–Trinajstić information content (AvgIpc) is 1.68. The number of phosphoric acid groups is 1. The lowest BCUT2D eigenvalue weighted by molar-refractivity contribution is -0.870. The summed E-state index contributed by atoms with van der Waals surface area (Å²) in [6.45, 7) is 3.98. The number of hydrogen-bond acceptors (Lipinski definition) is 8. The maximum absolute atomic E-state index is 12.9. The standard InChI is InChI=1S/C84H138NO8P/c1-6-8-10-12-14-16-18-20-22-24-26-28-30-32-34-36-38-40-42-44-46-48-50-52-54-56-58-60-62-64-66-68-70-72-74-76-83(86)90-80-82(81-92-94(88,89)91-79-78-85(3,4)5)93-84(87)77-75-73-71-69-67-65-63-61-59-57-55-53-51-49-47-45-43-41-39-37-35-33-31-29-27-25-23-21-19-17-15-13-11-9-7-2/h8-11,14-17,20-23,26-29,32-35,39,41,45,47,51,53,57,59,63,65,82H,6-7,12-13,18-19,24-25,30-31,36-38,40,42-44,46,48-50,52,54-56,58,60-62,64,66-81H2,1-5H3/b10-8-,11-9-,16-14-,17-15-,22-20-,23-21-,28-26-,29-27-,34-32-,35-33-,41-39-,47-45-,53-51-,59-57-,65-63-. The molecule has 0 aliphatic carbocycles. The van der Waals surface area contributed by atoms with E-state index in [0.29, 0.717) is 17.4 Å². The summed E-state index contributed by atoms with van der Waals surface area (Å²) in [6, 6.07) is 0. The van der Waals surface area contributed by atoms with Gasteiger partial charge in [0.2, 0.25) is 0 Å². The number of nitrogens with zero attached hydrogens (tertiary/aromatic N) is 1. The number of ether oxygens (including phenoxy) is 2. The number of likely N-dealkylation sites (N-methyl/N-ethyl adjacent to an activating group) is 1. The maximum atomic E-state index is 12.9. The van der Waals surface area contributed by atoms with Crippen molar-refractivity contribution in [1.82, 2.24) is 0 Å². The number of hydrogen-bond donors (Lipinski definition) is 0. The fourth-order valence-electron chi connectivity index (χ4n) is 9.77. The Morgan fingerprint density at radius 1 is 0.330 bits per heavy atom. The molecular formula is C84H138NO8P. The van der Waals surface area contributed by atoms with Crippen molar-refractivity contribution in [2.45, 2.75) is 290 Å². The van der Waals surface area contributed by atoms with E-state index in [1.165, 1.54) is 109 Å². The van der Waals surface area contributed by atoms with E-state index in [1.54, 1.807) is 0 Å². The lowest BCUT2D eigenvalue weighted by Gasteiger charge is -2.28. The second kappa shape index (κ2) is 72.4. The van der Waals surface area contributed by atoms with Gasteiger partial charge in [0.05, 0.1) is 27.7 Å². The van der Waals surface area contributed by atoms with Gasteiger partial charge in [0.1, 0.15) is 19.8 Å². The highest BCUT2D eigenvalue weighted by molar-refractivity contribution is 7.45. The minimum atomic E-state index is -4.66. The zero-order chi connectivity index (χ0) is 68.3. The summed E-state index contributed by atoms with van der Waals surface area (Å²) in [5, 5.41) is 0. The quantitative estimate of drug-likeness (QED) is 0.0195. The van der Waals surface area contributed by atoms with Gasteiger partial charge in [-0.25, -0.2) is 0 Å². The molecule has 0 aromatic rings. The topological polar surface area (TPSA) is 111 Å². The van der Waals surface area contributed by atoms with Crippen LogP contribution in [-0.4, -0.2) is 70.0 Å². The highest BCUT2D eigenvalue weighted by Gasteiger charge is 2.22. The third-order valence-electron chi connectivity index (χ3n) is 15.4. The van der Waals surface area contributed by atoms with Crippen LogP contribution in [0.15, 0.2) is 182 Å². The molecule has 0 rings (SSSR count). The summed E-state index contributed by atoms with van der Waals surface area (Å²) in [7, 11) is 1.13. The van der Waals surface area contributed by atoms with Crippen molar-refractivity contribution in [3.05, 3.63) is 182 Å². The van der Waals surface area contributed by atoms with Crippen molar-refractivity contribution in [2.24, 2.45) is 0 Å². The molecule has 0 aromatic heterocycles. The summed E-state index contributed by atoms with van der Waals surface area (Å²) < 4.78 is 34.3. The van der Waals surface area contributed by atoms with Crippen LogP contribution in [0.4, 0.5) is 0 Å². The zero-order valence-corrected chi connectivity index (χ0v) is 61.5. The van der Waals surface area contributed by atoms with Crippen LogP contribution in [0.1, 0.15) is 284 Å². The summed E-state index contributed by atoms with van der Waals surface area (Å²) in [6.07, 6.45) is 111. The van der Waals surface area contributed by atoms with Gasteiger partial charge in [0.25, 0.3) is 7.82 Å². The van der Waals surface area contributed by atoms with Gasteiger partial charge in [-0.05, 0) is 135 Å². The number of phosphoric ester groups is 1. The Labute approximate surface area is 578 Å². The van der Waals surface area contributed by atoms with Gasteiger partial charge in [-0.2, -0.15) is 0 Å². The first-order chi connectivity index (χ1) is 46.0. The van der Waals surface area contributed by atoms with Crippen molar-refractivity contribution in [3.63, 3.8) is 0 Å². The Kier molecular flexibility index (Phi) is 68.6. The molecule has 2 atom stereocenters. The molecule has 10 heteroatoms. The van der Waals surface area contributed by atoms with E-state index in [2.05, 4.69) is 196 Å². The lowest BCUT2D eigenvalue weighted by Crippen LogP contribution is -2.37. The minimum Gasteiger partial charge on any atom is -0.756 e. The number of carbonyl (C=O) groups excluding carboxylic acids is 2. The number of unbranched alkanes of at least 4 members (excludes halogenated alkanes) is 23. The molecule has 0 saturated carbocycles. The highest BCUT2D eigenvalue weighted by Crippen LogP contribution is 2.38. The largest absolute Gasteiger partial charge is 0.756 e. The molecule has 0 aliphatic heterocycles. The number of carbonyl (C=O) groups is 2. The van der Waals surface area contributed by atoms with E-state index in [-0.39, 0.29) is 26.1 Å². The lowest BCUT2D eigenvalue weighted by atomic mass is 10.0. The second-order valence-corrected chi connectivity index (χ2v) is 27.0. The highest BCUT2D eigenvalue weighted by atomic mass is 31.2. The van der Waals surface area contributed by atoms with Crippen molar-refractivity contribution < 1.29 is 42.1 Å². The van der Waals surface area contributed by atoms with E-state index in [1.807, 2.05) is 21.1 Å². The molecule has 532 valence electrons. The van der Waals surface area contributed by atoms with Crippen LogP contribution in [0, 0.1) is 0 Å². The fourth-order valence-corrected chi connectivity index (χ4v) is 10.5. The Balaban J connectivity index is 4.11. The summed E-state index contributed by atoms with van der Waals surface area (Å²) in [5.41, 5.74) is 0. The van der Waals surface area contributed by atoms with Gasteiger partial charge in [-0.15, -0.1) is 0 Å². The third-order valence-corrected chi connectivity index (χ3v) is 16.4. The molecule has 94 heavy (non-hydrogen) atoms.